The molecular weight excluding hydrogens is 230 g/mol. The van der Waals surface area contributed by atoms with Crippen LogP contribution in [0.5, 0.6) is 0 Å². The molecule has 1 aromatic carbocycles. The summed E-state index contributed by atoms with van der Waals surface area (Å²) in [5.41, 5.74) is 4.18. The van der Waals surface area contributed by atoms with E-state index in [0.717, 1.165) is 0 Å². The van der Waals surface area contributed by atoms with Crippen LogP contribution in [0.1, 0.15) is 38.2 Å². The van der Waals surface area contributed by atoms with Crippen LogP contribution >= 0.6 is 0 Å². The number of hydrogen-bond donors (Lipinski definition) is 0. The zero-order chi connectivity index (χ0) is 13.8. The van der Waals surface area contributed by atoms with Gasteiger partial charge in [-0.1, -0.05) is 44.2 Å². The Bertz CT molecular complexity index is 463. The summed E-state index contributed by atoms with van der Waals surface area (Å²) in [6.45, 7) is 4.63. The van der Waals surface area contributed by atoms with Crippen LogP contribution in [0.3, 0.4) is 0 Å². The maximum Gasteiger partial charge on any atom is 0.0361 e. The summed E-state index contributed by atoms with van der Waals surface area (Å²) >= 11 is 0. The van der Waals surface area contributed by atoms with Crippen LogP contribution in [0.25, 0.3) is 0 Å². The summed E-state index contributed by atoms with van der Waals surface area (Å²) in [7, 11) is 4.17. The minimum absolute atomic E-state index is 0.521. The quantitative estimate of drug-likeness (QED) is 0.749. The standard InChI is InChI=1S/C18H25N/c1-14(2)18(15-8-6-5-7-9-15)16-10-12-17(13-11-16)19(3)4/h6,8-14,18H,5,7H2,1-4H3. The van der Waals surface area contributed by atoms with Gasteiger partial charge in [0.05, 0.1) is 0 Å². The summed E-state index contributed by atoms with van der Waals surface area (Å²) in [5, 5.41) is 0. The van der Waals surface area contributed by atoms with Gasteiger partial charge in [-0.05, 0) is 42.0 Å². The second-order valence-corrected chi connectivity index (χ2v) is 5.89. The molecule has 1 nitrogen and oxygen atoms in total. The first-order chi connectivity index (χ1) is 9.09. The lowest BCUT2D eigenvalue weighted by atomic mass is 9.80. The average Bonchev–Trinajstić information content (AvgIpc) is 2.40. The third-order valence-corrected chi connectivity index (χ3v) is 3.82. The minimum Gasteiger partial charge on any atom is -0.378 e. The van der Waals surface area contributed by atoms with Crippen LogP contribution in [0.2, 0.25) is 0 Å². The van der Waals surface area contributed by atoms with Gasteiger partial charge >= 0.3 is 0 Å². The summed E-state index contributed by atoms with van der Waals surface area (Å²) in [6.07, 6.45) is 9.40. The van der Waals surface area contributed by atoms with Crippen LogP contribution in [-0.2, 0) is 0 Å². The van der Waals surface area contributed by atoms with Gasteiger partial charge in [0.15, 0.2) is 0 Å². The number of nitrogens with zero attached hydrogens (tertiary/aromatic N) is 1. The highest BCUT2D eigenvalue weighted by Crippen LogP contribution is 2.35. The lowest BCUT2D eigenvalue weighted by Crippen LogP contribution is -2.11. The molecule has 1 aromatic rings. The number of benzene rings is 1. The third-order valence-electron chi connectivity index (χ3n) is 3.82. The van der Waals surface area contributed by atoms with Gasteiger partial charge in [0.1, 0.15) is 0 Å². The van der Waals surface area contributed by atoms with E-state index in [1.807, 2.05) is 0 Å². The van der Waals surface area contributed by atoms with Crippen molar-refractivity contribution in [2.24, 2.45) is 5.92 Å². The van der Waals surface area contributed by atoms with Crippen LogP contribution in [-0.4, -0.2) is 14.1 Å². The van der Waals surface area contributed by atoms with E-state index in [0.29, 0.717) is 11.8 Å². The van der Waals surface area contributed by atoms with E-state index in [4.69, 9.17) is 0 Å². The predicted molar refractivity (Wildman–Crippen MR) is 84.8 cm³/mol. The second-order valence-electron chi connectivity index (χ2n) is 5.89. The third kappa shape index (κ3) is 3.28. The molecule has 1 atom stereocenters. The minimum atomic E-state index is 0.521. The molecule has 2 rings (SSSR count). The normalized spacial score (nSPS) is 16.4. The molecule has 0 aromatic heterocycles. The summed E-state index contributed by atoms with van der Waals surface area (Å²) in [4.78, 5) is 2.15. The van der Waals surface area contributed by atoms with Crippen molar-refractivity contribution in [3.05, 3.63) is 53.6 Å². The first-order valence-electron chi connectivity index (χ1n) is 7.23. The SMILES string of the molecule is CC(C)C(C1=CCCC=C1)c1ccc(N(C)C)cc1. The molecule has 1 heteroatoms. The molecule has 1 aliphatic carbocycles. The zero-order valence-electron chi connectivity index (χ0n) is 12.6. The van der Waals surface area contributed by atoms with Gasteiger partial charge in [0.2, 0.25) is 0 Å². The lowest BCUT2D eigenvalue weighted by molar-refractivity contribution is 0.559. The van der Waals surface area contributed by atoms with Gasteiger partial charge in [0.25, 0.3) is 0 Å². The van der Waals surface area contributed by atoms with Crippen molar-refractivity contribution in [3.63, 3.8) is 0 Å². The fourth-order valence-corrected chi connectivity index (χ4v) is 2.81. The summed E-state index contributed by atoms with van der Waals surface area (Å²) in [6, 6.07) is 9.00. The zero-order valence-corrected chi connectivity index (χ0v) is 12.6. The summed E-state index contributed by atoms with van der Waals surface area (Å²) in [5.74, 6) is 1.15. The van der Waals surface area contributed by atoms with E-state index < -0.39 is 0 Å². The van der Waals surface area contributed by atoms with Crippen molar-refractivity contribution in [2.45, 2.75) is 32.6 Å². The van der Waals surface area contributed by atoms with Gasteiger partial charge in [-0.15, -0.1) is 0 Å². The topological polar surface area (TPSA) is 3.24 Å². The molecule has 1 aliphatic rings. The number of allylic oxidation sites excluding steroid dienone is 4. The van der Waals surface area contributed by atoms with Crippen LogP contribution in [0.15, 0.2) is 48.1 Å². The largest absolute Gasteiger partial charge is 0.378 e. The molecule has 0 radical (unpaired) electrons. The van der Waals surface area contributed by atoms with Crippen LogP contribution in [0, 0.1) is 5.92 Å². The first kappa shape index (κ1) is 13.9. The molecule has 102 valence electrons. The van der Waals surface area contributed by atoms with Gasteiger partial charge in [0, 0.05) is 25.7 Å². The maximum atomic E-state index is 2.41. The van der Waals surface area contributed by atoms with Crippen molar-refractivity contribution >= 4 is 5.69 Å². The van der Waals surface area contributed by atoms with Crippen molar-refractivity contribution in [1.82, 2.24) is 0 Å². The molecule has 0 N–H and O–H groups in total. The predicted octanol–water partition coefficient (Wildman–Crippen LogP) is 4.77. The summed E-state index contributed by atoms with van der Waals surface area (Å²) < 4.78 is 0. The number of hydrogen-bond acceptors (Lipinski definition) is 1. The number of rotatable bonds is 4. The Kier molecular flexibility index (Phi) is 4.47. The molecular formula is C18H25N. The molecule has 0 spiro atoms. The van der Waals surface area contributed by atoms with Crippen LogP contribution in [0.4, 0.5) is 5.69 Å². The molecule has 0 amide bonds. The van der Waals surface area contributed by atoms with Gasteiger partial charge < -0.3 is 4.90 Å². The highest BCUT2D eigenvalue weighted by atomic mass is 15.1. The van der Waals surface area contributed by atoms with E-state index in [9.17, 15) is 0 Å². The van der Waals surface area contributed by atoms with Gasteiger partial charge in [-0.3, -0.25) is 0 Å². The highest BCUT2D eigenvalue weighted by molar-refractivity contribution is 5.48. The smallest absolute Gasteiger partial charge is 0.0361 e. The monoisotopic (exact) mass is 255 g/mol. The van der Waals surface area contributed by atoms with Crippen molar-refractivity contribution in [3.8, 4) is 0 Å². The fraction of sp³-hybridized carbons (Fsp3) is 0.444. The molecule has 1 unspecified atom stereocenters. The Balaban J connectivity index is 2.29. The van der Waals surface area contributed by atoms with Crippen molar-refractivity contribution < 1.29 is 0 Å². The molecule has 0 saturated heterocycles. The Morgan fingerprint density at radius 2 is 1.68 bits per heavy atom. The van der Waals surface area contributed by atoms with Crippen molar-refractivity contribution in [2.75, 3.05) is 19.0 Å². The lowest BCUT2D eigenvalue weighted by Gasteiger charge is -2.25. The van der Waals surface area contributed by atoms with E-state index >= 15 is 0 Å². The van der Waals surface area contributed by atoms with Gasteiger partial charge in [-0.2, -0.15) is 0 Å². The Morgan fingerprint density at radius 1 is 1.00 bits per heavy atom. The second kappa shape index (κ2) is 6.10. The average molecular weight is 255 g/mol. The molecule has 0 fully saturated rings. The van der Waals surface area contributed by atoms with Gasteiger partial charge in [-0.25, -0.2) is 0 Å². The fourth-order valence-electron chi connectivity index (χ4n) is 2.81. The molecule has 0 aliphatic heterocycles. The maximum absolute atomic E-state index is 2.41. The highest BCUT2D eigenvalue weighted by Gasteiger charge is 2.19. The number of anilines is 1. The van der Waals surface area contributed by atoms with Crippen LogP contribution < -0.4 is 4.90 Å². The Hall–Kier alpha value is -1.50. The Labute approximate surface area is 117 Å². The molecule has 0 bridgehead atoms. The molecule has 19 heavy (non-hydrogen) atoms. The van der Waals surface area contributed by atoms with E-state index in [2.05, 4.69) is 75.3 Å². The molecule has 0 saturated carbocycles. The molecule has 0 heterocycles. The van der Waals surface area contributed by atoms with E-state index in [1.165, 1.54) is 29.7 Å². The van der Waals surface area contributed by atoms with E-state index in [1.54, 1.807) is 0 Å². The van der Waals surface area contributed by atoms with Crippen molar-refractivity contribution in [1.29, 1.82) is 0 Å². The Morgan fingerprint density at radius 3 is 2.16 bits per heavy atom. The van der Waals surface area contributed by atoms with E-state index in [-0.39, 0.29) is 0 Å². The first-order valence-corrected chi connectivity index (χ1v) is 7.23.